The van der Waals surface area contributed by atoms with Crippen LogP contribution < -0.4 is 5.73 Å². The minimum absolute atomic E-state index is 0.125. The Balaban J connectivity index is 1.97. The lowest BCUT2D eigenvalue weighted by Gasteiger charge is -1.96. The number of hydrogen-bond donors (Lipinski definition) is 2. The first-order chi connectivity index (χ1) is 10.6. The third-order valence-corrected chi connectivity index (χ3v) is 2.99. The normalized spacial score (nSPS) is 11.1. The van der Waals surface area contributed by atoms with Crippen molar-refractivity contribution in [2.24, 2.45) is 5.73 Å². The third-order valence-electron chi connectivity index (χ3n) is 2.99. The van der Waals surface area contributed by atoms with E-state index in [2.05, 4.69) is 0 Å². The molecule has 0 unspecified atom stereocenters. The summed E-state index contributed by atoms with van der Waals surface area (Å²) in [6.07, 6.45) is 6.63. The molecule has 0 aromatic heterocycles. The quantitative estimate of drug-likeness (QED) is 0.505. The van der Waals surface area contributed by atoms with Crippen LogP contribution in [-0.2, 0) is 0 Å². The van der Waals surface area contributed by atoms with E-state index < -0.39 is 5.91 Å². The van der Waals surface area contributed by atoms with Crippen LogP contribution in [0.15, 0.2) is 66.8 Å². The molecular weight excluding hydrogens is 278 g/mol. The number of hydrogen-bond acceptors (Lipinski definition) is 3. The van der Waals surface area contributed by atoms with Crippen LogP contribution in [0, 0.1) is 0 Å². The van der Waals surface area contributed by atoms with Gasteiger partial charge < -0.3 is 10.8 Å². The number of aromatic hydroxyl groups is 1. The Morgan fingerprint density at radius 1 is 0.864 bits per heavy atom. The van der Waals surface area contributed by atoms with Crippen molar-refractivity contribution in [2.75, 3.05) is 0 Å². The molecule has 3 N–H and O–H groups in total. The summed E-state index contributed by atoms with van der Waals surface area (Å²) in [4.78, 5) is 22.8. The van der Waals surface area contributed by atoms with Crippen molar-refractivity contribution in [1.29, 1.82) is 0 Å². The highest BCUT2D eigenvalue weighted by atomic mass is 16.3. The zero-order valence-electron chi connectivity index (χ0n) is 11.8. The van der Waals surface area contributed by atoms with Gasteiger partial charge in [-0.3, -0.25) is 9.59 Å². The molecule has 4 nitrogen and oxygen atoms in total. The highest BCUT2D eigenvalue weighted by Gasteiger charge is 2.00. The second-order valence-corrected chi connectivity index (χ2v) is 4.62. The van der Waals surface area contributed by atoms with E-state index in [1.165, 1.54) is 18.2 Å². The Hall–Kier alpha value is -3.14. The van der Waals surface area contributed by atoms with Crippen LogP contribution in [0.25, 0.3) is 6.08 Å². The van der Waals surface area contributed by atoms with Gasteiger partial charge in [-0.1, -0.05) is 30.4 Å². The summed E-state index contributed by atoms with van der Waals surface area (Å²) in [6.45, 7) is 0. The van der Waals surface area contributed by atoms with E-state index in [0.717, 1.165) is 5.56 Å². The highest BCUT2D eigenvalue weighted by molar-refractivity contribution is 6.04. The lowest BCUT2D eigenvalue weighted by atomic mass is 10.1. The van der Waals surface area contributed by atoms with Crippen molar-refractivity contribution in [3.05, 3.63) is 83.4 Å². The topological polar surface area (TPSA) is 80.4 Å². The number of ketones is 1. The molecule has 4 heteroatoms. The molecule has 0 spiro atoms. The molecule has 1 amide bonds. The Morgan fingerprint density at radius 2 is 1.45 bits per heavy atom. The summed E-state index contributed by atoms with van der Waals surface area (Å²) in [5.74, 6) is -0.483. The summed E-state index contributed by atoms with van der Waals surface area (Å²) < 4.78 is 0. The van der Waals surface area contributed by atoms with Crippen molar-refractivity contribution in [1.82, 2.24) is 0 Å². The van der Waals surface area contributed by atoms with Gasteiger partial charge in [0.2, 0.25) is 5.91 Å². The Kier molecular flexibility index (Phi) is 4.88. The molecule has 0 aliphatic rings. The van der Waals surface area contributed by atoms with Crippen LogP contribution in [-0.4, -0.2) is 16.8 Å². The van der Waals surface area contributed by atoms with E-state index in [-0.39, 0.29) is 11.5 Å². The first kappa shape index (κ1) is 15.3. The predicted molar refractivity (Wildman–Crippen MR) is 85.6 cm³/mol. The monoisotopic (exact) mass is 293 g/mol. The molecule has 2 aromatic rings. The molecular formula is C18H15NO3. The van der Waals surface area contributed by atoms with Crippen LogP contribution in [0.2, 0.25) is 0 Å². The maximum Gasteiger partial charge on any atom is 0.248 e. The van der Waals surface area contributed by atoms with Crippen molar-refractivity contribution in [2.45, 2.75) is 0 Å². The molecule has 2 aromatic carbocycles. The van der Waals surface area contributed by atoms with Gasteiger partial charge >= 0.3 is 0 Å². The summed E-state index contributed by atoms with van der Waals surface area (Å²) in [7, 11) is 0. The van der Waals surface area contributed by atoms with Gasteiger partial charge in [0.05, 0.1) is 0 Å². The predicted octanol–water partition coefficient (Wildman–Crippen LogP) is 2.94. The number of rotatable bonds is 5. The minimum Gasteiger partial charge on any atom is -0.508 e. The second-order valence-electron chi connectivity index (χ2n) is 4.62. The van der Waals surface area contributed by atoms with Gasteiger partial charge in [0, 0.05) is 11.1 Å². The van der Waals surface area contributed by atoms with Gasteiger partial charge in [-0.05, 0) is 48.0 Å². The van der Waals surface area contributed by atoms with E-state index in [9.17, 15) is 9.59 Å². The number of phenols is 1. The van der Waals surface area contributed by atoms with Gasteiger partial charge in [-0.2, -0.15) is 0 Å². The van der Waals surface area contributed by atoms with Gasteiger partial charge in [-0.15, -0.1) is 0 Å². The smallest absolute Gasteiger partial charge is 0.248 e. The zero-order valence-corrected chi connectivity index (χ0v) is 11.8. The molecule has 0 fully saturated rings. The number of carbonyl (C=O) groups excluding carboxylic acids is 2. The first-order valence-corrected chi connectivity index (χ1v) is 6.64. The van der Waals surface area contributed by atoms with Gasteiger partial charge in [0.15, 0.2) is 5.78 Å². The van der Waals surface area contributed by atoms with Crippen LogP contribution in [0.4, 0.5) is 0 Å². The highest BCUT2D eigenvalue weighted by Crippen LogP contribution is 2.10. The largest absolute Gasteiger partial charge is 0.508 e. The SMILES string of the molecule is NC(=O)c1ccc(/C=C/C=C/C(=O)c2ccc(O)cc2)cc1. The molecule has 0 aliphatic heterocycles. The number of carbonyl (C=O) groups is 2. The number of benzene rings is 2. The summed E-state index contributed by atoms with van der Waals surface area (Å²) in [6, 6.07) is 12.9. The number of nitrogens with two attached hydrogens (primary N) is 1. The van der Waals surface area contributed by atoms with Crippen molar-refractivity contribution < 1.29 is 14.7 Å². The number of phenolic OH excluding ortho intramolecular Hbond substituents is 1. The zero-order chi connectivity index (χ0) is 15.9. The Morgan fingerprint density at radius 3 is 2.05 bits per heavy atom. The fourth-order valence-electron chi connectivity index (χ4n) is 1.79. The molecule has 110 valence electrons. The van der Waals surface area contributed by atoms with Gasteiger partial charge in [0.25, 0.3) is 0 Å². The molecule has 0 saturated heterocycles. The number of primary amides is 1. The van der Waals surface area contributed by atoms with Crippen molar-refractivity contribution in [3.63, 3.8) is 0 Å². The molecule has 0 atom stereocenters. The summed E-state index contributed by atoms with van der Waals surface area (Å²) in [5.41, 5.74) is 7.02. The average molecular weight is 293 g/mol. The van der Waals surface area contributed by atoms with Crippen LogP contribution in [0.3, 0.4) is 0 Å². The average Bonchev–Trinajstić information content (AvgIpc) is 2.52. The van der Waals surface area contributed by atoms with Crippen molar-refractivity contribution in [3.8, 4) is 5.75 Å². The van der Waals surface area contributed by atoms with Crippen LogP contribution in [0.1, 0.15) is 26.3 Å². The number of amides is 1. The van der Waals surface area contributed by atoms with Gasteiger partial charge in [0.1, 0.15) is 5.75 Å². The molecule has 0 aliphatic carbocycles. The van der Waals surface area contributed by atoms with E-state index in [4.69, 9.17) is 10.8 Å². The van der Waals surface area contributed by atoms with E-state index in [1.807, 2.05) is 6.08 Å². The number of allylic oxidation sites excluding steroid dienone is 3. The Bertz CT molecular complexity index is 726. The first-order valence-electron chi connectivity index (χ1n) is 6.64. The lowest BCUT2D eigenvalue weighted by molar-refractivity contribution is 0.0998. The van der Waals surface area contributed by atoms with E-state index >= 15 is 0 Å². The minimum atomic E-state index is -0.463. The fraction of sp³-hybridized carbons (Fsp3) is 0. The molecule has 0 saturated carbocycles. The second kappa shape index (κ2) is 7.04. The van der Waals surface area contributed by atoms with Crippen LogP contribution >= 0.6 is 0 Å². The van der Waals surface area contributed by atoms with Crippen LogP contribution in [0.5, 0.6) is 5.75 Å². The summed E-state index contributed by atoms with van der Waals surface area (Å²) in [5, 5.41) is 9.16. The van der Waals surface area contributed by atoms with Crippen molar-refractivity contribution >= 4 is 17.8 Å². The summed E-state index contributed by atoms with van der Waals surface area (Å²) >= 11 is 0. The Labute approximate surface area is 128 Å². The standard InChI is InChI=1S/C18H15NO3/c19-18(22)15-7-5-13(6-8-15)3-1-2-4-17(21)14-9-11-16(20)12-10-14/h1-12,20H,(H2,19,22)/b3-1+,4-2+. The van der Waals surface area contributed by atoms with E-state index in [1.54, 1.807) is 48.6 Å². The van der Waals surface area contributed by atoms with E-state index in [0.29, 0.717) is 11.1 Å². The lowest BCUT2D eigenvalue weighted by Crippen LogP contribution is -2.10. The maximum atomic E-state index is 11.8. The van der Waals surface area contributed by atoms with Gasteiger partial charge in [-0.25, -0.2) is 0 Å². The third kappa shape index (κ3) is 4.18. The molecule has 0 heterocycles. The molecule has 0 radical (unpaired) electrons. The fourth-order valence-corrected chi connectivity index (χ4v) is 1.79. The molecule has 2 rings (SSSR count). The maximum absolute atomic E-state index is 11.8. The molecule has 0 bridgehead atoms. The molecule has 22 heavy (non-hydrogen) atoms.